The third-order valence-electron chi connectivity index (χ3n) is 3.49. The Hall–Kier alpha value is -2.57. The first-order chi connectivity index (χ1) is 11.7. The van der Waals surface area contributed by atoms with Crippen molar-refractivity contribution in [2.24, 2.45) is 0 Å². The Morgan fingerprint density at radius 1 is 1.32 bits per heavy atom. The van der Waals surface area contributed by atoms with Crippen LogP contribution in [-0.2, 0) is 19.1 Å². The molecule has 0 unspecified atom stereocenters. The van der Waals surface area contributed by atoms with Crippen molar-refractivity contribution in [1.82, 2.24) is 5.32 Å². The van der Waals surface area contributed by atoms with Gasteiger partial charge >= 0.3 is 5.97 Å². The van der Waals surface area contributed by atoms with E-state index in [2.05, 4.69) is 5.32 Å². The third kappa shape index (κ3) is 5.20. The molecule has 0 bridgehead atoms. The molecule has 1 aromatic carbocycles. The summed E-state index contributed by atoms with van der Waals surface area (Å²) in [5.74, 6) is -0.721. The van der Waals surface area contributed by atoms with Crippen LogP contribution in [0.2, 0.25) is 0 Å². The number of fused-ring (bicyclic) bond motifs is 1. The number of nitrogens with one attached hydrogen (secondary N) is 1. The van der Waals surface area contributed by atoms with Crippen LogP contribution in [0.25, 0.3) is 0 Å². The molecule has 2 amide bonds. The molecule has 0 aliphatic carbocycles. The van der Waals surface area contributed by atoms with E-state index in [1.807, 2.05) is 20.8 Å². The van der Waals surface area contributed by atoms with E-state index >= 15 is 0 Å². The van der Waals surface area contributed by atoms with E-state index in [0.29, 0.717) is 11.4 Å². The number of hydrogen-bond donors (Lipinski definition) is 1. The maximum Gasteiger partial charge on any atom is 0.326 e. The maximum absolute atomic E-state index is 12.3. The summed E-state index contributed by atoms with van der Waals surface area (Å²) in [5, 5.41) is 2.75. The normalized spacial score (nSPS) is 15.5. The molecule has 1 N–H and O–H groups in total. The molecule has 1 aromatic rings. The van der Waals surface area contributed by atoms with Crippen LogP contribution in [0.1, 0.15) is 34.1 Å². The molecular weight excluding hydrogens is 324 g/mol. The lowest BCUT2D eigenvalue weighted by Gasteiger charge is -2.24. The van der Waals surface area contributed by atoms with Gasteiger partial charge < -0.3 is 14.8 Å². The van der Waals surface area contributed by atoms with Crippen LogP contribution >= 0.6 is 0 Å². The van der Waals surface area contributed by atoms with Crippen molar-refractivity contribution in [3.63, 3.8) is 0 Å². The maximum atomic E-state index is 12.3. The molecule has 0 fully saturated rings. The number of hydrogen-bond acceptors (Lipinski definition) is 5. The summed E-state index contributed by atoms with van der Waals surface area (Å²) < 4.78 is 10.7. The molecule has 0 radical (unpaired) electrons. The van der Waals surface area contributed by atoms with E-state index in [1.165, 1.54) is 11.8 Å². The Bertz CT molecular complexity index is 666. The van der Waals surface area contributed by atoms with E-state index < -0.39 is 17.6 Å². The molecule has 7 nitrogen and oxygen atoms in total. The first kappa shape index (κ1) is 18.8. The van der Waals surface area contributed by atoms with Crippen molar-refractivity contribution < 1.29 is 23.9 Å². The number of para-hydroxylation sites is 2. The number of anilines is 1. The van der Waals surface area contributed by atoms with Gasteiger partial charge in [-0.2, -0.15) is 0 Å². The molecule has 1 aliphatic rings. The molecule has 0 aromatic heterocycles. The lowest BCUT2D eigenvalue weighted by atomic mass is 10.1. The zero-order valence-corrected chi connectivity index (χ0v) is 15.0. The fraction of sp³-hybridized carbons (Fsp3) is 0.500. The third-order valence-corrected chi connectivity index (χ3v) is 3.49. The topological polar surface area (TPSA) is 84.9 Å². The Morgan fingerprint density at radius 2 is 2.00 bits per heavy atom. The van der Waals surface area contributed by atoms with E-state index in [9.17, 15) is 14.4 Å². The Kier molecular flexibility index (Phi) is 5.66. The lowest BCUT2D eigenvalue weighted by molar-refractivity contribution is -0.154. The number of carbonyl (C=O) groups excluding carboxylic acids is 3. The highest BCUT2D eigenvalue weighted by atomic mass is 16.5. The van der Waals surface area contributed by atoms with Gasteiger partial charge in [0.25, 0.3) is 5.91 Å². The highest BCUT2D eigenvalue weighted by molar-refractivity contribution is 5.99. The first-order valence-corrected chi connectivity index (χ1v) is 8.21. The van der Waals surface area contributed by atoms with Gasteiger partial charge in [-0.1, -0.05) is 12.1 Å². The Morgan fingerprint density at radius 3 is 2.68 bits per heavy atom. The van der Waals surface area contributed by atoms with E-state index in [1.54, 1.807) is 24.3 Å². The predicted octanol–water partition coefficient (Wildman–Crippen LogP) is 1.65. The van der Waals surface area contributed by atoms with Crippen molar-refractivity contribution in [1.29, 1.82) is 0 Å². The number of esters is 1. The van der Waals surface area contributed by atoms with Crippen molar-refractivity contribution in [3.8, 4) is 5.75 Å². The molecule has 0 saturated carbocycles. The molecule has 1 aliphatic heterocycles. The van der Waals surface area contributed by atoms with Gasteiger partial charge in [-0.3, -0.25) is 19.3 Å². The van der Waals surface area contributed by atoms with Crippen LogP contribution in [0.4, 0.5) is 5.69 Å². The Balaban J connectivity index is 2.04. The van der Waals surface area contributed by atoms with Crippen LogP contribution in [0.5, 0.6) is 5.75 Å². The molecule has 2 rings (SSSR count). The summed E-state index contributed by atoms with van der Waals surface area (Å²) in [6.07, 6.45) is -0.775. The van der Waals surface area contributed by atoms with E-state index in [-0.39, 0.29) is 31.4 Å². The van der Waals surface area contributed by atoms with Gasteiger partial charge in [-0.15, -0.1) is 0 Å². The van der Waals surface area contributed by atoms with Gasteiger partial charge in [-0.25, -0.2) is 0 Å². The number of nitrogens with zero attached hydrogens (tertiary/aromatic N) is 1. The second-order valence-corrected chi connectivity index (χ2v) is 6.92. The van der Waals surface area contributed by atoms with Gasteiger partial charge in [0.1, 0.15) is 12.3 Å². The number of rotatable bonds is 4. The van der Waals surface area contributed by atoms with Crippen LogP contribution in [-0.4, -0.2) is 42.6 Å². The molecule has 7 heteroatoms. The second-order valence-electron chi connectivity index (χ2n) is 6.92. The van der Waals surface area contributed by atoms with Crippen LogP contribution < -0.4 is 15.0 Å². The minimum atomic E-state index is -0.944. The number of carbonyl (C=O) groups is 3. The average Bonchev–Trinajstić information content (AvgIpc) is 2.65. The summed E-state index contributed by atoms with van der Waals surface area (Å²) in [6.45, 7) is 7.00. The number of amides is 2. The molecular formula is C18H24N2O5. The van der Waals surface area contributed by atoms with Crippen molar-refractivity contribution in [3.05, 3.63) is 24.3 Å². The van der Waals surface area contributed by atoms with Gasteiger partial charge in [0.15, 0.2) is 6.10 Å². The summed E-state index contributed by atoms with van der Waals surface area (Å²) in [4.78, 5) is 37.8. The summed E-state index contributed by atoms with van der Waals surface area (Å²) >= 11 is 0. The average molecular weight is 348 g/mol. The predicted molar refractivity (Wildman–Crippen MR) is 92.4 cm³/mol. The van der Waals surface area contributed by atoms with Crippen LogP contribution in [0, 0.1) is 0 Å². The molecule has 25 heavy (non-hydrogen) atoms. The zero-order valence-electron chi connectivity index (χ0n) is 15.0. The molecule has 136 valence electrons. The fourth-order valence-electron chi connectivity index (χ4n) is 2.38. The van der Waals surface area contributed by atoms with Crippen molar-refractivity contribution in [2.75, 3.05) is 18.1 Å². The smallest absolute Gasteiger partial charge is 0.326 e. The first-order valence-electron chi connectivity index (χ1n) is 8.21. The monoisotopic (exact) mass is 348 g/mol. The lowest BCUT2D eigenvalue weighted by Crippen LogP contribution is -2.47. The van der Waals surface area contributed by atoms with E-state index in [4.69, 9.17) is 9.47 Å². The molecule has 1 heterocycles. The number of ether oxygens (including phenoxy) is 2. The minimum absolute atomic E-state index is 0.169. The second kappa shape index (κ2) is 7.55. The highest BCUT2D eigenvalue weighted by Gasteiger charge is 2.28. The Labute approximate surface area is 147 Å². The quantitative estimate of drug-likeness (QED) is 0.836. The van der Waals surface area contributed by atoms with Crippen LogP contribution in [0.15, 0.2) is 24.3 Å². The van der Waals surface area contributed by atoms with Crippen LogP contribution in [0.3, 0.4) is 0 Å². The zero-order chi connectivity index (χ0) is 18.6. The minimum Gasteiger partial charge on any atom is -0.491 e. The van der Waals surface area contributed by atoms with E-state index in [0.717, 1.165) is 0 Å². The van der Waals surface area contributed by atoms with Crippen molar-refractivity contribution in [2.45, 2.75) is 45.8 Å². The molecule has 1 atom stereocenters. The molecule has 0 saturated heterocycles. The summed E-state index contributed by atoms with van der Waals surface area (Å²) in [5.41, 5.74) is 0.100. The van der Waals surface area contributed by atoms with Gasteiger partial charge in [-0.05, 0) is 39.8 Å². The van der Waals surface area contributed by atoms with Gasteiger partial charge in [0, 0.05) is 5.54 Å². The highest BCUT2D eigenvalue weighted by Crippen LogP contribution is 2.30. The van der Waals surface area contributed by atoms with Gasteiger partial charge in [0.05, 0.1) is 18.7 Å². The fourth-order valence-corrected chi connectivity index (χ4v) is 2.38. The standard InChI is InChI=1S/C18H24N2O5/c1-12(17(23)19-18(2,3)4)25-16(22)11-20-13-7-5-6-8-14(13)24-10-9-15(20)21/h5-8,12H,9-11H2,1-4H3,(H,19,23)/t12-/m0/s1. The largest absolute Gasteiger partial charge is 0.491 e. The van der Waals surface area contributed by atoms with Gasteiger partial charge in [0.2, 0.25) is 5.91 Å². The number of benzene rings is 1. The molecule has 0 spiro atoms. The SMILES string of the molecule is C[C@H](OC(=O)CN1C(=O)CCOc2ccccc21)C(=O)NC(C)(C)C. The summed E-state index contributed by atoms with van der Waals surface area (Å²) in [7, 11) is 0. The van der Waals surface area contributed by atoms with Crippen molar-refractivity contribution >= 4 is 23.5 Å². The summed E-state index contributed by atoms with van der Waals surface area (Å²) in [6, 6.07) is 7.01.